The van der Waals surface area contributed by atoms with Crippen molar-refractivity contribution in [2.45, 2.75) is 57.4 Å². The fraction of sp³-hybridized carbons (Fsp3) is 0.464. The zero-order chi connectivity index (χ0) is 24.8. The van der Waals surface area contributed by atoms with Gasteiger partial charge in [0.1, 0.15) is 6.61 Å². The van der Waals surface area contributed by atoms with E-state index in [0.717, 1.165) is 36.8 Å². The van der Waals surface area contributed by atoms with Crippen LogP contribution in [0.3, 0.4) is 0 Å². The van der Waals surface area contributed by atoms with Crippen molar-refractivity contribution >= 4 is 18.0 Å². The van der Waals surface area contributed by atoms with Gasteiger partial charge in [0, 0.05) is 18.5 Å². The molecular weight excluding hydrogens is 444 g/mol. The van der Waals surface area contributed by atoms with Gasteiger partial charge in [-0.25, -0.2) is 4.79 Å². The zero-order valence-corrected chi connectivity index (χ0v) is 20.2. The minimum absolute atomic E-state index is 0.0234. The zero-order valence-electron chi connectivity index (χ0n) is 20.2. The number of hydrogen-bond donors (Lipinski definition) is 3. The second-order valence-electron chi connectivity index (χ2n) is 9.60. The van der Waals surface area contributed by atoms with Gasteiger partial charge in [-0.3, -0.25) is 9.59 Å². The number of amides is 2. The Labute approximate surface area is 206 Å². The number of ether oxygens (including phenoxy) is 1. The largest absolute Gasteiger partial charge is 0.481 e. The Morgan fingerprint density at radius 1 is 1.03 bits per heavy atom. The van der Waals surface area contributed by atoms with Crippen molar-refractivity contribution in [3.63, 3.8) is 0 Å². The number of carboxylic acids is 1. The smallest absolute Gasteiger partial charge is 0.407 e. The van der Waals surface area contributed by atoms with Crippen LogP contribution in [0.4, 0.5) is 4.79 Å². The number of alkyl carbamates (subject to hydrolysis) is 1. The van der Waals surface area contributed by atoms with E-state index in [0.29, 0.717) is 6.42 Å². The fourth-order valence-electron chi connectivity index (χ4n) is 5.25. The van der Waals surface area contributed by atoms with E-state index >= 15 is 0 Å². The highest BCUT2D eigenvalue weighted by Gasteiger charge is 2.34. The summed E-state index contributed by atoms with van der Waals surface area (Å²) in [6.07, 6.45) is 3.67. The molecule has 7 heteroatoms. The van der Waals surface area contributed by atoms with Gasteiger partial charge in [-0.05, 0) is 47.4 Å². The maximum atomic E-state index is 13.0. The van der Waals surface area contributed by atoms with Gasteiger partial charge in [-0.1, -0.05) is 68.3 Å². The molecule has 35 heavy (non-hydrogen) atoms. The average Bonchev–Trinajstić information content (AvgIpc) is 3.12. The van der Waals surface area contributed by atoms with E-state index in [1.54, 1.807) is 0 Å². The molecule has 0 heterocycles. The maximum Gasteiger partial charge on any atom is 0.407 e. The predicted molar refractivity (Wildman–Crippen MR) is 133 cm³/mol. The molecule has 4 rings (SSSR count). The fourth-order valence-corrected chi connectivity index (χ4v) is 5.25. The van der Waals surface area contributed by atoms with Crippen LogP contribution in [0.15, 0.2) is 48.5 Å². The minimum Gasteiger partial charge on any atom is -0.481 e. The Bertz CT molecular complexity index is 1020. The molecule has 186 valence electrons. The van der Waals surface area contributed by atoms with Crippen LogP contribution in [0.5, 0.6) is 0 Å². The van der Waals surface area contributed by atoms with Crippen LogP contribution in [-0.4, -0.2) is 42.3 Å². The molecule has 2 aromatic carbocycles. The topological polar surface area (TPSA) is 105 Å². The molecule has 1 saturated carbocycles. The first kappa shape index (κ1) is 24.8. The number of carboxylic acid groups (broad SMARTS) is 1. The third-order valence-electron chi connectivity index (χ3n) is 7.27. The van der Waals surface area contributed by atoms with E-state index in [2.05, 4.69) is 34.9 Å². The molecule has 0 aromatic heterocycles. The average molecular weight is 479 g/mol. The molecule has 0 saturated heterocycles. The van der Waals surface area contributed by atoms with E-state index in [9.17, 15) is 14.4 Å². The first-order valence-corrected chi connectivity index (χ1v) is 12.6. The van der Waals surface area contributed by atoms with Crippen LogP contribution in [0.25, 0.3) is 11.1 Å². The third-order valence-corrected chi connectivity index (χ3v) is 7.27. The standard InChI is InChI=1S/C28H34N2O5/c1-2-8-19(15-26(31)32)30-27(33)24(18-9-7-10-18)16-29-28(34)35-17-25-22-13-5-3-11-20(22)21-12-4-6-14-23(21)25/h3-6,11-14,18-19,24-25H,2,7-10,15-17H2,1H3,(H,29,34)(H,30,33)(H,31,32). The highest BCUT2D eigenvalue weighted by atomic mass is 16.5. The second-order valence-corrected chi connectivity index (χ2v) is 9.60. The number of rotatable bonds is 11. The summed E-state index contributed by atoms with van der Waals surface area (Å²) in [7, 11) is 0. The number of nitrogens with one attached hydrogen (secondary N) is 2. The van der Waals surface area contributed by atoms with Crippen LogP contribution in [0.1, 0.15) is 62.5 Å². The number of carbonyl (C=O) groups is 3. The summed E-state index contributed by atoms with van der Waals surface area (Å²) in [4.78, 5) is 36.8. The van der Waals surface area contributed by atoms with Crippen LogP contribution in [-0.2, 0) is 14.3 Å². The molecule has 2 aliphatic rings. The SMILES string of the molecule is CCCC(CC(=O)O)NC(=O)C(CNC(=O)OCC1c2ccccc2-c2ccccc21)C1CCC1. The van der Waals surface area contributed by atoms with Crippen LogP contribution < -0.4 is 10.6 Å². The van der Waals surface area contributed by atoms with Gasteiger partial charge in [-0.2, -0.15) is 0 Å². The summed E-state index contributed by atoms with van der Waals surface area (Å²) in [5, 5.41) is 14.9. The lowest BCUT2D eigenvalue weighted by Crippen LogP contribution is -2.47. The first-order chi connectivity index (χ1) is 17.0. The Morgan fingerprint density at radius 2 is 1.66 bits per heavy atom. The minimum atomic E-state index is -0.930. The molecule has 0 aliphatic heterocycles. The van der Waals surface area contributed by atoms with Crippen molar-refractivity contribution in [3.8, 4) is 11.1 Å². The quantitative estimate of drug-likeness (QED) is 0.434. The molecule has 0 spiro atoms. The molecule has 2 aromatic rings. The van der Waals surface area contributed by atoms with E-state index in [1.807, 2.05) is 31.2 Å². The van der Waals surface area contributed by atoms with Crippen LogP contribution in [0.2, 0.25) is 0 Å². The summed E-state index contributed by atoms with van der Waals surface area (Å²) in [5.41, 5.74) is 4.63. The summed E-state index contributed by atoms with van der Waals surface area (Å²) in [5.74, 6) is -1.34. The van der Waals surface area contributed by atoms with E-state index < -0.39 is 24.0 Å². The molecule has 2 amide bonds. The maximum absolute atomic E-state index is 13.0. The molecule has 0 radical (unpaired) electrons. The summed E-state index contributed by atoms with van der Waals surface area (Å²) in [6.45, 7) is 2.36. The van der Waals surface area contributed by atoms with Gasteiger partial charge in [0.25, 0.3) is 0 Å². The molecule has 0 bridgehead atoms. The normalized spacial score (nSPS) is 16.4. The molecule has 2 aliphatic carbocycles. The van der Waals surface area contributed by atoms with Gasteiger partial charge in [0.15, 0.2) is 0 Å². The lowest BCUT2D eigenvalue weighted by Gasteiger charge is -2.33. The molecule has 3 N–H and O–H groups in total. The monoisotopic (exact) mass is 478 g/mol. The lowest BCUT2D eigenvalue weighted by molar-refractivity contribution is -0.138. The summed E-state index contributed by atoms with van der Waals surface area (Å²) in [6, 6.07) is 15.9. The van der Waals surface area contributed by atoms with Crippen molar-refractivity contribution in [1.29, 1.82) is 0 Å². The van der Waals surface area contributed by atoms with Crippen molar-refractivity contribution in [2.75, 3.05) is 13.2 Å². The van der Waals surface area contributed by atoms with Gasteiger partial charge < -0.3 is 20.5 Å². The van der Waals surface area contributed by atoms with Gasteiger partial charge in [0.2, 0.25) is 5.91 Å². The number of carbonyl (C=O) groups excluding carboxylic acids is 2. The van der Waals surface area contributed by atoms with Crippen molar-refractivity contribution < 1.29 is 24.2 Å². The van der Waals surface area contributed by atoms with E-state index in [4.69, 9.17) is 9.84 Å². The molecular formula is C28H34N2O5. The highest BCUT2D eigenvalue weighted by Crippen LogP contribution is 2.44. The van der Waals surface area contributed by atoms with Gasteiger partial charge >= 0.3 is 12.1 Å². The molecule has 2 unspecified atom stereocenters. The van der Waals surface area contributed by atoms with Gasteiger partial charge in [0.05, 0.1) is 12.3 Å². The predicted octanol–water partition coefficient (Wildman–Crippen LogP) is 4.70. The van der Waals surface area contributed by atoms with Crippen LogP contribution >= 0.6 is 0 Å². The van der Waals surface area contributed by atoms with Crippen molar-refractivity contribution in [2.24, 2.45) is 11.8 Å². The Morgan fingerprint density at radius 3 is 2.20 bits per heavy atom. The Balaban J connectivity index is 1.34. The van der Waals surface area contributed by atoms with Gasteiger partial charge in [-0.15, -0.1) is 0 Å². The molecule has 7 nitrogen and oxygen atoms in total. The van der Waals surface area contributed by atoms with Crippen molar-refractivity contribution in [3.05, 3.63) is 59.7 Å². The summed E-state index contributed by atoms with van der Waals surface area (Å²) >= 11 is 0. The number of fused-ring (bicyclic) bond motifs is 3. The first-order valence-electron chi connectivity index (χ1n) is 12.6. The second kappa shape index (κ2) is 11.4. The van der Waals surface area contributed by atoms with Crippen LogP contribution in [0, 0.1) is 11.8 Å². The molecule has 2 atom stereocenters. The number of aliphatic carboxylic acids is 1. The third kappa shape index (κ3) is 5.84. The Kier molecular flexibility index (Phi) is 8.06. The summed E-state index contributed by atoms with van der Waals surface area (Å²) < 4.78 is 5.61. The lowest BCUT2D eigenvalue weighted by atomic mass is 9.75. The van der Waals surface area contributed by atoms with E-state index in [-0.39, 0.29) is 37.3 Å². The highest BCUT2D eigenvalue weighted by molar-refractivity contribution is 5.81. The number of benzene rings is 2. The Hall–Kier alpha value is -3.35. The van der Waals surface area contributed by atoms with Crippen molar-refractivity contribution in [1.82, 2.24) is 10.6 Å². The molecule has 1 fully saturated rings. The van der Waals surface area contributed by atoms with E-state index in [1.165, 1.54) is 11.1 Å². The number of hydrogen-bond acceptors (Lipinski definition) is 4.